The van der Waals surface area contributed by atoms with E-state index in [1.54, 1.807) is 0 Å². The Balaban J connectivity index is 2.92. The van der Waals surface area contributed by atoms with Crippen LogP contribution in [0.25, 0.3) is 0 Å². The molecule has 2 atom stereocenters. The van der Waals surface area contributed by atoms with Crippen molar-refractivity contribution in [3.05, 3.63) is 34.4 Å². The lowest BCUT2D eigenvalue weighted by atomic mass is 9.98. The summed E-state index contributed by atoms with van der Waals surface area (Å²) >= 11 is 0. The summed E-state index contributed by atoms with van der Waals surface area (Å²) in [6.07, 6.45) is 0. The number of amides is 1. The first kappa shape index (κ1) is 14.7. The van der Waals surface area contributed by atoms with Crippen LogP contribution in [-0.4, -0.2) is 23.7 Å². The highest BCUT2D eigenvalue weighted by molar-refractivity contribution is 5.97. The van der Waals surface area contributed by atoms with Gasteiger partial charge in [-0.2, -0.15) is 0 Å². The van der Waals surface area contributed by atoms with Gasteiger partial charge in [-0.1, -0.05) is 24.6 Å². The second-order valence-corrected chi connectivity index (χ2v) is 5.20. The largest absolute Gasteiger partial charge is 0.396 e. The highest BCUT2D eigenvalue weighted by atomic mass is 16.3. The van der Waals surface area contributed by atoms with Crippen LogP contribution in [0, 0.1) is 26.7 Å². The van der Waals surface area contributed by atoms with Crippen molar-refractivity contribution in [1.29, 1.82) is 0 Å². The molecule has 0 aliphatic heterocycles. The maximum Gasteiger partial charge on any atom is 0.252 e. The van der Waals surface area contributed by atoms with Crippen molar-refractivity contribution in [2.24, 2.45) is 5.92 Å². The first-order chi connectivity index (χ1) is 8.36. The Labute approximate surface area is 109 Å². The van der Waals surface area contributed by atoms with E-state index in [0.29, 0.717) is 0 Å². The molecule has 100 valence electrons. The standard InChI is InChI=1S/C15H23NO2/c1-9-6-10(2)14(11(3)7-9)15(18)16-13(5)12(4)8-17/h6-7,12-13,17H,8H2,1-5H3,(H,16,18). The van der Waals surface area contributed by atoms with E-state index >= 15 is 0 Å². The molecule has 0 spiro atoms. The quantitative estimate of drug-likeness (QED) is 0.860. The third-order valence-corrected chi connectivity index (χ3v) is 3.40. The topological polar surface area (TPSA) is 49.3 Å². The maximum absolute atomic E-state index is 12.2. The predicted octanol–water partition coefficient (Wildman–Crippen LogP) is 2.36. The molecular weight excluding hydrogens is 226 g/mol. The number of hydrogen-bond donors (Lipinski definition) is 2. The number of benzene rings is 1. The van der Waals surface area contributed by atoms with Crippen molar-refractivity contribution in [3.8, 4) is 0 Å². The molecule has 0 heterocycles. The molecule has 1 rings (SSSR count). The minimum Gasteiger partial charge on any atom is -0.396 e. The molecule has 1 aromatic carbocycles. The molecule has 0 radical (unpaired) electrons. The average Bonchev–Trinajstić information content (AvgIpc) is 2.26. The molecule has 3 heteroatoms. The summed E-state index contributed by atoms with van der Waals surface area (Å²) in [5, 5.41) is 12.0. The van der Waals surface area contributed by atoms with Crippen molar-refractivity contribution in [3.63, 3.8) is 0 Å². The molecule has 0 aliphatic rings. The molecule has 0 aromatic heterocycles. The van der Waals surface area contributed by atoms with E-state index in [4.69, 9.17) is 5.11 Å². The third-order valence-electron chi connectivity index (χ3n) is 3.40. The molecule has 1 aromatic rings. The van der Waals surface area contributed by atoms with Gasteiger partial charge in [0, 0.05) is 18.2 Å². The number of nitrogens with one attached hydrogen (secondary N) is 1. The van der Waals surface area contributed by atoms with Gasteiger partial charge in [0.1, 0.15) is 0 Å². The number of aliphatic hydroxyl groups is 1. The fraction of sp³-hybridized carbons (Fsp3) is 0.533. The van der Waals surface area contributed by atoms with Gasteiger partial charge in [0.25, 0.3) is 5.91 Å². The van der Waals surface area contributed by atoms with E-state index in [2.05, 4.69) is 5.32 Å². The van der Waals surface area contributed by atoms with Crippen LogP contribution in [0.15, 0.2) is 12.1 Å². The lowest BCUT2D eigenvalue weighted by Crippen LogP contribution is -2.38. The highest BCUT2D eigenvalue weighted by Gasteiger charge is 2.18. The zero-order valence-corrected chi connectivity index (χ0v) is 11.9. The van der Waals surface area contributed by atoms with Crippen LogP contribution in [0.3, 0.4) is 0 Å². The van der Waals surface area contributed by atoms with Crippen molar-refractivity contribution >= 4 is 5.91 Å². The van der Waals surface area contributed by atoms with Gasteiger partial charge in [-0.05, 0) is 44.7 Å². The number of carbonyl (C=O) groups is 1. The van der Waals surface area contributed by atoms with E-state index in [0.717, 1.165) is 16.7 Å². The number of hydrogen-bond acceptors (Lipinski definition) is 2. The first-order valence-corrected chi connectivity index (χ1v) is 6.36. The minimum atomic E-state index is -0.0576. The van der Waals surface area contributed by atoms with E-state index in [1.807, 2.05) is 46.8 Å². The fourth-order valence-corrected chi connectivity index (χ4v) is 2.12. The molecule has 2 N–H and O–H groups in total. The second kappa shape index (κ2) is 6.01. The van der Waals surface area contributed by atoms with Gasteiger partial charge in [-0.25, -0.2) is 0 Å². The number of aryl methyl sites for hydroxylation is 3. The Morgan fingerprint density at radius 1 is 1.22 bits per heavy atom. The number of carbonyl (C=O) groups excluding carboxylic acids is 1. The van der Waals surface area contributed by atoms with Crippen LogP contribution in [0.1, 0.15) is 40.9 Å². The third kappa shape index (κ3) is 3.33. The van der Waals surface area contributed by atoms with Gasteiger partial charge in [-0.3, -0.25) is 4.79 Å². The number of aliphatic hydroxyl groups excluding tert-OH is 1. The number of rotatable bonds is 4. The molecule has 0 aliphatic carbocycles. The van der Waals surface area contributed by atoms with E-state index in [9.17, 15) is 4.79 Å². The van der Waals surface area contributed by atoms with Crippen LogP contribution in [0.2, 0.25) is 0 Å². The molecule has 0 fully saturated rings. The molecule has 0 saturated heterocycles. The minimum absolute atomic E-state index is 0.0393. The molecule has 18 heavy (non-hydrogen) atoms. The smallest absolute Gasteiger partial charge is 0.252 e. The van der Waals surface area contributed by atoms with Crippen LogP contribution >= 0.6 is 0 Å². The molecule has 2 unspecified atom stereocenters. The van der Waals surface area contributed by atoms with Gasteiger partial charge in [0.2, 0.25) is 0 Å². The Hall–Kier alpha value is -1.35. The van der Waals surface area contributed by atoms with Gasteiger partial charge in [0.15, 0.2) is 0 Å². The van der Waals surface area contributed by atoms with Crippen LogP contribution in [0.5, 0.6) is 0 Å². The van der Waals surface area contributed by atoms with Crippen molar-refractivity contribution in [1.82, 2.24) is 5.32 Å². The summed E-state index contributed by atoms with van der Waals surface area (Å²) in [5.41, 5.74) is 3.90. The lowest BCUT2D eigenvalue weighted by Gasteiger charge is -2.20. The van der Waals surface area contributed by atoms with Gasteiger partial charge in [0.05, 0.1) is 0 Å². The molecule has 3 nitrogen and oxygen atoms in total. The van der Waals surface area contributed by atoms with Gasteiger partial charge < -0.3 is 10.4 Å². The van der Waals surface area contributed by atoms with Crippen LogP contribution < -0.4 is 5.32 Å². The normalized spacial score (nSPS) is 14.1. The molecule has 1 amide bonds. The van der Waals surface area contributed by atoms with Gasteiger partial charge >= 0.3 is 0 Å². The van der Waals surface area contributed by atoms with Crippen molar-refractivity contribution in [2.75, 3.05) is 6.61 Å². The zero-order chi connectivity index (χ0) is 13.9. The maximum atomic E-state index is 12.2. The molecular formula is C15H23NO2. The lowest BCUT2D eigenvalue weighted by molar-refractivity contribution is 0.0915. The van der Waals surface area contributed by atoms with E-state index < -0.39 is 0 Å². The van der Waals surface area contributed by atoms with Crippen LogP contribution in [-0.2, 0) is 0 Å². The Bertz CT molecular complexity index is 417. The Morgan fingerprint density at radius 2 is 1.72 bits per heavy atom. The zero-order valence-electron chi connectivity index (χ0n) is 11.9. The Morgan fingerprint density at radius 3 is 2.17 bits per heavy atom. The Kier molecular flexibility index (Phi) is 4.91. The highest BCUT2D eigenvalue weighted by Crippen LogP contribution is 2.16. The summed E-state index contributed by atoms with van der Waals surface area (Å²) in [5.74, 6) is -0.00203. The summed E-state index contributed by atoms with van der Waals surface area (Å²) in [7, 11) is 0. The summed E-state index contributed by atoms with van der Waals surface area (Å²) in [6.45, 7) is 9.84. The molecule has 0 saturated carbocycles. The van der Waals surface area contributed by atoms with Crippen molar-refractivity contribution in [2.45, 2.75) is 40.7 Å². The summed E-state index contributed by atoms with van der Waals surface area (Å²) in [6, 6.07) is 3.99. The first-order valence-electron chi connectivity index (χ1n) is 6.36. The monoisotopic (exact) mass is 249 g/mol. The molecule has 0 bridgehead atoms. The predicted molar refractivity (Wildman–Crippen MR) is 73.8 cm³/mol. The second-order valence-electron chi connectivity index (χ2n) is 5.20. The van der Waals surface area contributed by atoms with E-state index in [-0.39, 0.29) is 24.5 Å². The van der Waals surface area contributed by atoms with Crippen LogP contribution in [0.4, 0.5) is 0 Å². The summed E-state index contributed by atoms with van der Waals surface area (Å²) in [4.78, 5) is 12.2. The fourth-order valence-electron chi connectivity index (χ4n) is 2.12. The SMILES string of the molecule is Cc1cc(C)c(C(=O)NC(C)C(C)CO)c(C)c1. The van der Waals surface area contributed by atoms with Gasteiger partial charge in [-0.15, -0.1) is 0 Å². The van der Waals surface area contributed by atoms with Crippen molar-refractivity contribution < 1.29 is 9.90 Å². The summed E-state index contributed by atoms with van der Waals surface area (Å²) < 4.78 is 0. The van der Waals surface area contributed by atoms with E-state index in [1.165, 1.54) is 5.56 Å². The average molecular weight is 249 g/mol.